The number of ether oxygens (including phenoxy) is 1. The van der Waals surface area contributed by atoms with E-state index in [4.69, 9.17) is 10.5 Å². The smallest absolute Gasteiger partial charge is 0.0587 e. The van der Waals surface area contributed by atoms with Crippen molar-refractivity contribution in [3.8, 4) is 0 Å². The molecule has 17 heavy (non-hydrogen) atoms. The maximum atomic E-state index is 6.17. The topological polar surface area (TPSA) is 47.3 Å². The van der Waals surface area contributed by atoms with Crippen LogP contribution in [0.2, 0.25) is 0 Å². The number of hydrogen-bond donors (Lipinski definition) is 2. The first kappa shape index (κ1) is 11.9. The van der Waals surface area contributed by atoms with Crippen molar-refractivity contribution in [1.82, 2.24) is 5.32 Å². The van der Waals surface area contributed by atoms with Crippen molar-refractivity contribution in [2.75, 3.05) is 26.8 Å². The van der Waals surface area contributed by atoms with Crippen LogP contribution in [0.25, 0.3) is 0 Å². The molecule has 0 aliphatic heterocycles. The summed E-state index contributed by atoms with van der Waals surface area (Å²) in [6.45, 7) is 2.57. The molecule has 0 saturated heterocycles. The Bertz CT molecular complexity index is 251. The first-order valence-corrected chi connectivity index (χ1v) is 7.22. The Hall–Kier alpha value is -0.120. The zero-order valence-corrected chi connectivity index (χ0v) is 11.0. The van der Waals surface area contributed by atoms with Gasteiger partial charge in [0.05, 0.1) is 6.61 Å². The molecule has 0 atom stereocenters. The summed E-state index contributed by atoms with van der Waals surface area (Å²) in [5, 5.41) is 3.78. The highest BCUT2D eigenvalue weighted by Crippen LogP contribution is 2.57. The van der Waals surface area contributed by atoms with Gasteiger partial charge in [-0.1, -0.05) is 0 Å². The van der Waals surface area contributed by atoms with Gasteiger partial charge >= 0.3 is 0 Å². The van der Waals surface area contributed by atoms with E-state index in [1.54, 1.807) is 7.11 Å². The summed E-state index contributed by atoms with van der Waals surface area (Å²) in [4.78, 5) is 0. The summed E-state index contributed by atoms with van der Waals surface area (Å²) in [6.07, 6.45) is 7.19. The van der Waals surface area contributed by atoms with Gasteiger partial charge in [-0.05, 0) is 55.8 Å². The van der Waals surface area contributed by atoms with Gasteiger partial charge in [-0.3, -0.25) is 0 Å². The molecular formula is C14H26N2O. The van der Waals surface area contributed by atoms with Crippen molar-refractivity contribution in [3.63, 3.8) is 0 Å². The highest BCUT2D eigenvalue weighted by molar-refractivity contribution is 5.11. The monoisotopic (exact) mass is 238 g/mol. The van der Waals surface area contributed by atoms with Gasteiger partial charge in [-0.2, -0.15) is 0 Å². The van der Waals surface area contributed by atoms with Crippen molar-refractivity contribution in [2.45, 2.75) is 37.6 Å². The van der Waals surface area contributed by atoms with Gasteiger partial charge in [0.15, 0.2) is 0 Å². The van der Waals surface area contributed by atoms with E-state index in [0.29, 0.717) is 0 Å². The molecule has 3 N–H and O–H groups in total. The molecule has 4 fully saturated rings. The Morgan fingerprint density at radius 2 is 1.71 bits per heavy atom. The first-order valence-electron chi connectivity index (χ1n) is 7.22. The first-order chi connectivity index (χ1) is 8.28. The molecule has 4 saturated carbocycles. The second-order valence-electron chi connectivity index (χ2n) is 6.47. The van der Waals surface area contributed by atoms with E-state index in [-0.39, 0.29) is 5.54 Å². The van der Waals surface area contributed by atoms with Gasteiger partial charge < -0.3 is 15.8 Å². The lowest BCUT2D eigenvalue weighted by Gasteiger charge is -2.61. The summed E-state index contributed by atoms with van der Waals surface area (Å²) in [6, 6.07) is 0. The molecule has 3 nitrogen and oxygen atoms in total. The largest absolute Gasteiger partial charge is 0.383 e. The molecule has 4 aliphatic rings. The third-order valence-electron chi connectivity index (χ3n) is 5.69. The molecule has 0 aromatic rings. The highest BCUT2D eigenvalue weighted by atomic mass is 16.5. The van der Waals surface area contributed by atoms with E-state index >= 15 is 0 Å². The SMILES string of the molecule is COCCNC1(CN)C2CC3CC(C2)CC1C3. The van der Waals surface area contributed by atoms with Gasteiger partial charge in [0.1, 0.15) is 0 Å². The van der Waals surface area contributed by atoms with E-state index in [0.717, 1.165) is 43.4 Å². The Morgan fingerprint density at radius 3 is 2.18 bits per heavy atom. The molecule has 3 heteroatoms. The predicted octanol–water partition coefficient (Wildman–Crippen LogP) is 1.38. The van der Waals surface area contributed by atoms with Crippen LogP contribution in [0.4, 0.5) is 0 Å². The average molecular weight is 238 g/mol. The lowest BCUT2D eigenvalue weighted by molar-refractivity contribution is -0.0706. The van der Waals surface area contributed by atoms with Crippen molar-refractivity contribution >= 4 is 0 Å². The second kappa shape index (κ2) is 4.52. The Labute approximate surface area is 104 Å². The number of nitrogens with one attached hydrogen (secondary N) is 1. The fraction of sp³-hybridized carbons (Fsp3) is 1.00. The van der Waals surface area contributed by atoms with E-state index in [9.17, 15) is 0 Å². The van der Waals surface area contributed by atoms with Crippen LogP contribution in [0.15, 0.2) is 0 Å². The normalized spacial score (nSPS) is 47.6. The molecular weight excluding hydrogens is 212 g/mol. The van der Waals surface area contributed by atoms with Crippen molar-refractivity contribution in [3.05, 3.63) is 0 Å². The van der Waals surface area contributed by atoms with E-state index in [1.165, 1.54) is 32.1 Å². The Kier molecular flexibility index (Phi) is 3.18. The van der Waals surface area contributed by atoms with Gasteiger partial charge in [0.25, 0.3) is 0 Å². The van der Waals surface area contributed by atoms with Gasteiger partial charge in [-0.25, -0.2) is 0 Å². The average Bonchev–Trinajstić information content (AvgIpc) is 2.32. The molecule has 0 heterocycles. The lowest BCUT2D eigenvalue weighted by Crippen LogP contribution is -2.68. The highest BCUT2D eigenvalue weighted by Gasteiger charge is 2.56. The van der Waals surface area contributed by atoms with Crippen LogP contribution in [0.3, 0.4) is 0 Å². The maximum Gasteiger partial charge on any atom is 0.0587 e. The summed E-state index contributed by atoms with van der Waals surface area (Å²) in [7, 11) is 1.77. The van der Waals surface area contributed by atoms with E-state index in [1.807, 2.05) is 0 Å². The quantitative estimate of drug-likeness (QED) is 0.711. The third kappa shape index (κ3) is 1.83. The minimum Gasteiger partial charge on any atom is -0.383 e. The minimum absolute atomic E-state index is 0.242. The number of nitrogens with two attached hydrogens (primary N) is 1. The summed E-state index contributed by atoms with van der Waals surface area (Å²) < 4.78 is 5.17. The fourth-order valence-electron chi connectivity index (χ4n) is 5.11. The van der Waals surface area contributed by atoms with Gasteiger partial charge in [0, 0.05) is 25.7 Å². The number of methoxy groups -OCH3 is 1. The van der Waals surface area contributed by atoms with Crippen LogP contribution in [0.1, 0.15) is 32.1 Å². The van der Waals surface area contributed by atoms with Crippen LogP contribution in [0.5, 0.6) is 0 Å². The molecule has 0 amide bonds. The molecule has 98 valence electrons. The predicted molar refractivity (Wildman–Crippen MR) is 68.7 cm³/mol. The summed E-state index contributed by atoms with van der Waals surface area (Å²) in [5.74, 6) is 3.70. The van der Waals surface area contributed by atoms with Crippen LogP contribution >= 0.6 is 0 Å². The summed E-state index contributed by atoms with van der Waals surface area (Å²) in [5.41, 5.74) is 6.41. The maximum absolute atomic E-state index is 6.17. The van der Waals surface area contributed by atoms with E-state index in [2.05, 4.69) is 5.32 Å². The van der Waals surface area contributed by atoms with Crippen LogP contribution < -0.4 is 11.1 Å². The zero-order valence-electron chi connectivity index (χ0n) is 11.0. The Balaban J connectivity index is 1.74. The second-order valence-corrected chi connectivity index (χ2v) is 6.47. The molecule has 4 rings (SSSR count). The molecule has 4 bridgehead atoms. The van der Waals surface area contributed by atoms with E-state index < -0.39 is 0 Å². The van der Waals surface area contributed by atoms with Crippen molar-refractivity contribution < 1.29 is 4.74 Å². The standard InChI is InChI=1S/C14H26N2O/c1-17-3-2-16-14(9-15)12-5-10-4-11(7-12)8-13(14)6-10/h10-13,16H,2-9,15H2,1H3. The third-order valence-corrected chi connectivity index (χ3v) is 5.69. The van der Waals surface area contributed by atoms with Gasteiger partial charge in [-0.15, -0.1) is 0 Å². The van der Waals surface area contributed by atoms with Crippen LogP contribution in [-0.4, -0.2) is 32.3 Å². The number of rotatable bonds is 5. The zero-order chi connectivity index (χ0) is 11.9. The number of hydrogen-bond acceptors (Lipinski definition) is 3. The lowest BCUT2D eigenvalue weighted by atomic mass is 9.48. The van der Waals surface area contributed by atoms with Crippen LogP contribution in [-0.2, 0) is 4.74 Å². The van der Waals surface area contributed by atoms with Gasteiger partial charge in [0.2, 0.25) is 0 Å². The summed E-state index contributed by atoms with van der Waals surface area (Å²) >= 11 is 0. The van der Waals surface area contributed by atoms with Crippen LogP contribution in [0, 0.1) is 23.7 Å². The molecule has 0 spiro atoms. The minimum atomic E-state index is 0.242. The van der Waals surface area contributed by atoms with Crippen molar-refractivity contribution in [2.24, 2.45) is 29.4 Å². The fourth-order valence-corrected chi connectivity index (χ4v) is 5.11. The molecule has 0 radical (unpaired) electrons. The molecule has 4 aliphatic carbocycles. The molecule has 0 aromatic carbocycles. The van der Waals surface area contributed by atoms with Crippen molar-refractivity contribution in [1.29, 1.82) is 0 Å². The molecule has 0 unspecified atom stereocenters. The Morgan fingerprint density at radius 1 is 1.12 bits per heavy atom. The molecule has 0 aromatic heterocycles.